The first-order valence-corrected chi connectivity index (χ1v) is 7.17. The maximum Gasteiger partial charge on any atom is 0.0366 e. The van der Waals surface area contributed by atoms with Gasteiger partial charge in [-0.2, -0.15) is 0 Å². The molecule has 0 spiro atoms. The van der Waals surface area contributed by atoms with Crippen molar-refractivity contribution in [2.75, 3.05) is 11.9 Å². The molecule has 3 rings (SSSR count). The molecule has 1 aliphatic rings. The van der Waals surface area contributed by atoms with Crippen molar-refractivity contribution in [2.45, 2.75) is 31.2 Å². The molecule has 19 heavy (non-hydrogen) atoms. The second-order valence-corrected chi connectivity index (χ2v) is 5.52. The van der Waals surface area contributed by atoms with E-state index in [1.54, 1.807) is 0 Å². The molecule has 2 aromatic rings. The minimum absolute atomic E-state index is 0.674. The molecule has 0 amide bonds. The molecule has 1 aliphatic carbocycles. The number of para-hydroxylation sites is 1. The van der Waals surface area contributed by atoms with Crippen LogP contribution in [0.5, 0.6) is 0 Å². The summed E-state index contributed by atoms with van der Waals surface area (Å²) in [5.74, 6) is 0.734. The van der Waals surface area contributed by atoms with Crippen molar-refractivity contribution in [1.29, 1.82) is 0 Å². The number of anilines is 1. The summed E-state index contributed by atoms with van der Waals surface area (Å²) in [6.45, 7) is 0. The third-order valence-corrected chi connectivity index (χ3v) is 4.39. The van der Waals surface area contributed by atoms with Crippen LogP contribution in [0.1, 0.15) is 30.7 Å². The van der Waals surface area contributed by atoms with Crippen LogP contribution in [-0.4, -0.2) is 13.1 Å². The lowest BCUT2D eigenvalue weighted by atomic mass is 9.97. The van der Waals surface area contributed by atoms with E-state index in [1.807, 2.05) is 0 Å². The minimum Gasteiger partial charge on any atom is -0.372 e. The average molecular weight is 251 g/mol. The van der Waals surface area contributed by atoms with Crippen LogP contribution in [0.15, 0.2) is 60.7 Å². The Labute approximate surface area is 115 Å². The summed E-state index contributed by atoms with van der Waals surface area (Å²) in [6, 6.07) is 22.4. The summed E-state index contributed by atoms with van der Waals surface area (Å²) in [4.78, 5) is 2.45. The van der Waals surface area contributed by atoms with E-state index in [4.69, 9.17) is 0 Å². The van der Waals surface area contributed by atoms with Crippen molar-refractivity contribution in [2.24, 2.45) is 0 Å². The first-order chi connectivity index (χ1) is 9.34. The molecule has 0 heterocycles. The summed E-state index contributed by atoms with van der Waals surface area (Å²) < 4.78 is 0. The Balaban J connectivity index is 1.69. The molecule has 0 bridgehead atoms. The van der Waals surface area contributed by atoms with Crippen molar-refractivity contribution in [3.63, 3.8) is 0 Å². The Kier molecular flexibility index (Phi) is 3.54. The quantitative estimate of drug-likeness (QED) is 0.778. The topological polar surface area (TPSA) is 3.24 Å². The Morgan fingerprint density at radius 1 is 0.842 bits per heavy atom. The third kappa shape index (κ3) is 2.65. The van der Waals surface area contributed by atoms with Crippen LogP contribution in [-0.2, 0) is 0 Å². The second kappa shape index (κ2) is 5.48. The van der Waals surface area contributed by atoms with Gasteiger partial charge in [-0.15, -0.1) is 0 Å². The Morgan fingerprint density at radius 2 is 1.47 bits per heavy atom. The highest BCUT2D eigenvalue weighted by molar-refractivity contribution is 5.46. The molecule has 2 aromatic carbocycles. The minimum atomic E-state index is 0.674. The van der Waals surface area contributed by atoms with Crippen molar-refractivity contribution >= 4 is 5.69 Å². The molecule has 1 saturated carbocycles. The predicted molar refractivity (Wildman–Crippen MR) is 81.7 cm³/mol. The molecule has 0 saturated heterocycles. The van der Waals surface area contributed by atoms with Crippen LogP contribution in [0.4, 0.5) is 5.69 Å². The molecule has 1 nitrogen and oxygen atoms in total. The zero-order valence-electron chi connectivity index (χ0n) is 11.5. The standard InChI is InChI=1S/C18H21N/c1-19(17-10-6-3-7-11-17)18-13-12-16(14-18)15-8-4-2-5-9-15/h2-11,16,18H,12-14H2,1H3. The fourth-order valence-corrected chi connectivity index (χ4v) is 3.21. The van der Waals surface area contributed by atoms with Gasteiger partial charge >= 0.3 is 0 Å². The Morgan fingerprint density at radius 3 is 2.16 bits per heavy atom. The van der Waals surface area contributed by atoms with Crippen LogP contribution in [0.2, 0.25) is 0 Å². The summed E-state index contributed by atoms with van der Waals surface area (Å²) in [7, 11) is 2.23. The van der Waals surface area contributed by atoms with Crippen molar-refractivity contribution < 1.29 is 0 Å². The van der Waals surface area contributed by atoms with Crippen molar-refractivity contribution in [3.8, 4) is 0 Å². The monoisotopic (exact) mass is 251 g/mol. The van der Waals surface area contributed by atoms with Gasteiger partial charge < -0.3 is 4.90 Å². The molecular formula is C18H21N. The van der Waals surface area contributed by atoms with Gasteiger partial charge in [0, 0.05) is 18.8 Å². The molecule has 0 radical (unpaired) electrons. The molecule has 0 aliphatic heterocycles. The number of benzene rings is 2. The van der Waals surface area contributed by atoms with Gasteiger partial charge in [0.25, 0.3) is 0 Å². The number of hydrogen-bond acceptors (Lipinski definition) is 1. The maximum atomic E-state index is 2.45. The molecule has 0 aromatic heterocycles. The van der Waals surface area contributed by atoms with E-state index in [0.717, 1.165) is 5.92 Å². The fourth-order valence-electron chi connectivity index (χ4n) is 3.21. The summed E-state index contributed by atoms with van der Waals surface area (Å²) in [5.41, 5.74) is 2.84. The number of nitrogens with zero attached hydrogens (tertiary/aromatic N) is 1. The van der Waals surface area contributed by atoms with Crippen LogP contribution in [0.3, 0.4) is 0 Å². The van der Waals surface area contributed by atoms with Crippen LogP contribution in [0, 0.1) is 0 Å². The van der Waals surface area contributed by atoms with Gasteiger partial charge in [0.1, 0.15) is 0 Å². The van der Waals surface area contributed by atoms with Gasteiger partial charge in [0.15, 0.2) is 0 Å². The maximum absolute atomic E-state index is 2.45. The van der Waals surface area contributed by atoms with Gasteiger partial charge in [-0.05, 0) is 42.9 Å². The fraction of sp³-hybridized carbons (Fsp3) is 0.333. The molecule has 98 valence electrons. The van der Waals surface area contributed by atoms with E-state index in [2.05, 4.69) is 72.6 Å². The van der Waals surface area contributed by atoms with E-state index in [9.17, 15) is 0 Å². The van der Waals surface area contributed by atoms with E-state index >= 15 is 0 Å². The SMILES string of the molecule is CN(c1ccccc1)C1CCC(c2ccccc2)C1. The zero-order valence-corrected chi connectivity index (χ0v) is 11.5. The summed E-state index contributed by atoms with van der Waals surface area (Å²) in [6.07, 6.45) is 3.88. The lowest BCUT2D eigenvalue weighted by Gasteiger charge is -2.27. The van der Waals surface area contributed by atoms with Crippen LogP contribution >= 0.6 is 0 Å². The van der Waals surface area contributed by atoms with Gasteiger partial charge in [-0.25, -0.2) is 0 Å². The van der Waals surface area contributed by atoms with Gasteiger partial charge in [0.05, 0.1) is 0 Å². The summed E-state index contributed by atoms with van der Waals surface area (Å²) >= 11 is 0. The summed E-state index contributed by atoms with van der Waals surface area (Å²) in [5, 5.41) is 0. The van der Waals surface area contributed by atoms with Gasteiger partial charge in [-0.1, -0.05) is 48.5 Å². The number of rotatable bonds is 3. The molecular weight excluding hydrogens is 230 g/mol. The highest BCUT2D eigenvalue weighted by Gasteiger charge is 2.28. The second-order valence-electron chi connectivity index (χ2n) is 5.52. The van der Waals surface area contributed by atoms with Crippen LogP contribution in [0.25, 0.3) is 0 Å². The normalized spacial score (nSPS) is 22.4. The third-order valence-electron chi connectivity index (χ3n) is 4.39. The zero-order chi connectivity index (χ0) is 13.1. The molecule has 1 fully saturated rings. The smallest absolute Gasteiger partial charge is 0.0366 e. The molecule has 2 atom stereocenters. The van der Waals surface area contributed by atoms with Crippen molar-refractivity contribution in [3.05, 3.63) is 66.2 Å². The Bertz CT molecular complexity index is 506. The first kappa shape index (κ1) is 12.3. The lowest BCUT2D eigenvalue weighted by molar-refractivity contribution is 0.636. The molecule has 1 heteroatoms. The van der Waals surface area contributed by atoms with E-state index in [-0.39, 0.29) is 0 Å². The lowest BCUT2D eigenvalue weighted by Crippen LogP contribution is -2.28. The first-order valence-electron chi connectivity index (χ1n) is 7.17. The van der Waals surface area contributed by atoms with Crippen LogP contribution < -0.4 is 4.90 Å². The van der Waals surface area contributed by atoms with Gasteiger partial charge in [-0.3, -0.25) is 0 Å². The van der Waals surface area contributed by atoms with Gasteiger partial charge in [0.2, 0.25) is 0 Å². The average Bonchev–Trinajstić information content (AvgIpc) is 2.98. The Hall–Kier alpha value is -1.76. The van der Waals surface area contributed by atoms with E-state index < -0.39 is 0 Å². The molecule has 0 N–H and O–H groups in total. The van der Waals surface area contributed by atoms with E-state index in [1.165, 1.54) is 30.5 Å². The van der Waals surface area contributed by atoms with E-state index in [0.29, 0.717) is 6.04 Å². The highest BCUT2D eigenvalue weighted by atomic mass is 15.1. The highest BCUT2D eigenvalue weighted by Crippen LogP contribution is 2.37. The largest absolute Gasteiger partial charge is 0.372 e. The molecule has 2 unspecified atom stereocenters. The predicted octanol–water partition coefficient (Wildman–Crippen LogP) is 4.46. The number of hydrogen-bond donors (Lipinski definition) is 0. The van der Waals surface area contributed by atoms with Crippen molar-refractivity contribution in [1.82, 2.24) is 0 Å².